The Labute approximate surface area is 101 Å². The molecule has 0 N–H and O–H groups in total. The SMILES string of the molecule is CCC(=O)C(C)c1nc(C2(C)CCCO2)no1. The van der Waals surface area contributed by atoms with Crippen LogP contribution in [0.15, 0.2) is 4.52 Å². The Morgan fingerprint density at radius 1 is 1.59 bits per heavy atom. The van der Waals surface area contributed by atoms with Gasteiger partial charge in [-0.3, -0.25) is 4.79 Å². The highest BCUT2D eigenvalue weighted by atomic mass is 16.5. The summed E-state index contributed by atoms with van der Waals surface area (Å²) in [7, 11) is 0. The van der Waals surface area contributed by atoms with Gasteiger partial charge in [0.05, 0.1) is 5.92 Å². The molecule has 0 aromatic carbocycles. The summed E-state index contributed by atoms with van der Waals surface area (Å²) < 4.78 is 10.8. The van der Waals surface area contributed by atoms with E-state index in [0.717, 1.165) is 19.4 Å². The van der Waals surface area contributed by atoms with Crippen LogP contribution in [0.1, 0.15) is 57.7 Å². The first kappa shape index (κ1) is 12.2. The molecule has 0 radical (unpaired) electrons. The van der Waals surface area contributed by atoms with Crippen molar-refractivity contribution in [2.75, 3.05) is 6.61 Å². The van der Waals surface area contributed by atoms with E-state index in [2.05, 4.69) is 10.1 Å². The average molecular weight is 238 g/mol. The van der Waals surface area contributed by atoms with Crippen molar-refractivity contribution in [2.45, 2.75) is 51.6 Å². The highest BCUT2D eigenvalue weighted by molar-refractivity contribution is 5.83. The summed E-state index contributed by atoms with van der Waals surface area (Å²) in [6.45, 7) is 6.31. The summed E-state index contributed by atoms with van der Waals surface area (Å²) >= 11 is 0. The molecule has 2 heterocycles. The summed E-state index contributed by atoms with van der Waals surface area (Å²) in [5.74, 6) is 0.730. The normalized spacial score (nSPS) is 26.1. The van der Waals surface area contributed by atoms with Gasteiger partial charge in [0.25, 0.3) is 0 Å². The molecule has 0 saturated carbocycles. The number of carbonyl (C=O) groups excluding carboxylic acids is 1. The lowest BCUT2D eigenvalue weighted by atomic mass is 10.0. The van der Waals surface area contributed by atoms with Crippen LogP contribution < -0.4 is 0 Å². The lowest BCUT2D eigenvalue weighted by Gasteiger charge is -2.17. The van der Waals surface area contributed by atoms with Gasteiger partial charge in [0.1, 0.15) is 11.4 Å². The molecule has 1 fully saturated rings. The lowest BCUT2D eigenvalue weighted by Crippen LogP contribution is -2.22. The van der Waals surface area contributed by atoms with Crippen LogP contribution in [0.3, 0.4) is 0 Å². The maximum absolute atomic E-state index is 11.6. The van der Waals surface area contributed by atoms with Crippen LogP contribution in [-0.2, 0) is 15.1 Å². The first-order valence-corrected chi connectivity index (χ1v) is 6.07. The van der Waals surface area contributed by atoms with E-state index in [1.54, 1.807) is 6.92 Å². The molecule has 0 aliphatic carbocycles. The Morgan fingerprint density at radius 3 is 2.94 bits per heavy atom. The Bertz CT molecular complexity index is 408. The van der Waals surface area contributed by atoms with Gasteiger partial charge in [0.15, 0.2) is 0 Å². The molecule has 1 aromatic heterocycles. The number of nitrogens with zero attached hydrogens (tertiary/aromatic N) is 2. The van der Waals surface area contributed by atoms with Crippen molar-refractivity contribution in [1.29, 1.82) is 0 Å². The van der Waals surface area contributed by atoms with Gasteiger partial charge in [-0.1, -0.05) is 12.1 Å². The summed E-state index contributed by atoms with van der Waals surface area (Å²) in [6, 6.07) is 0. The lowest BCUT2D eigenvalue weighted by molar-refractivity contribution is -0.120. The molecule has 1 aliphatic rings. The van der Waals surface area contributed by atoms with Crippen LogP contribution in [0, 0.1) is 0 Å². The number of ether oxygens (including phenoxy) is 1. The van der Waals surface area contributed by atoms with Crippen LogP contribution in [0.5, 0.6) is 0 Å². The predicted octanol–water partition coefficient (Wildman–Crippen LogP) is 2.18. The minimum Gasteiger partial charge on any atom is -0.367 e. The van der Waals surface area contributed by atoms with Crippen LogP contribution >= 0.6 is 0 Å². The highest BCUT2D eigenvalue weighted by Crippen LogP contribution is 2.34. The first-order chi connectivity index (χ1) is 8.07. The van der Waals surface area contributed by atoms with E-state index in [0.29, 0.717) is 18.1 Å². The van der Waals surface area contributed by atoms with Crippen molar-refractivity contribution in [3.8, 4) is 0 Å². The molecule has 5 heteroatoms. The number of hydrogen-bond acceptors (Lipinski definition) is 5. The van der Waals surface area contributed by atoms with E-state index >= 15 is 0 Å². The fraction of sp³-hybridized carbons (Fsp3) is 0.750. The monoisotopic (exact) mass is 238 g/mol. The third-order valence-electron chi connectivity index (χ3n) is 3.34. The van der Waals surface area contributed by atoms with Crippen LogP contribution in [0.4, 0.5) is 0 Å². The molecule has 2 rings (SSSR count). The van der Waals surface area contributed by atoms with E-state index in [1.807, 2.05) is 13.8 Å². The number of carbonyl (C=O) groups is 1. The van der Waals surface area contributed by atoms with Gasteiger partial charge in [-0.15, -0.1) is 0 Å². The highest BCUT2D eigenvalue weighted by Gasteiger charge is 2.37. The molecule has 2 unspecified atom stereocenters. The van der Waals surface area contributed by atoms with E-state index < -0.39 is 5.60 Å². The van der Waals surface area contributed by atoms with Gasteiger partial charge < -0.3 is 9.26 Å². The second-order valence-corrected chi connectivity index (χ2v) is 4.68. The van der Waals surface area contributed by atoms with Crippen LogP contribution in [0.25, 0.3) is 0 Å². The fourth-order valence-electron chi connectivity index (χ4n) is 2.03. The molecule has 0 amide bonds. The number of Topliss-reactive ketones (excluding diaryl/α,β-unsaturated/α-hetero) is 1. The van der Waals surface area contributed by atoms with Crippen LogP contribution in [0.2, 0.25) is 0 Å². The van der Waals surface area contributed by atoms with Crippen molar-refractivity contribution in [3.63, 3.8) is 0 Å². The molecule has 0 bridgehead atoms. The average Bonchev–Trinajstić information content (AvgIpc) is 2.96. The van der Waals surface area contributed by atoms with Crippen molar-refractivity contribution >= 4 is 5.78 Å². The summed E-state index contributed by atoms with van der Waals surface area (Å²) in [6.07, 6.45) is 2.37. The van der Waals surface area contributed by atoms with E-state index in [9.17, 15) is 4.79 Å². The predicted molar refractivity (Wildman–Crippen MR) is 60.5 cm³/mol. The molecular weight excluding hydrogens is 220 g/mol. The summed E-state index contributed by atoms with van der Waals surface area (Å²) in [5, 5.41) is 3.94. The van der Waals surface area contributed by atoms with Gasteiger partial charge in [0.2, 0.25) is 11.7 Å². The standard InChI is InChI=1S/C12H18N2O3/c1-4-9(15)8(2)10-13-11(14-17-10)12(3)6-5-7-16-12/h8H,4-7H2,1-3H3. The zero-order valence-electron chi connectivity index (χ0n) is 10.5. The summed E-state index contributed by atoms with van der Waals surface area (Å²) in [4.78, 5) is 15.9. The third kappa shape index (κ3) is 2.24. The topological polar surface area (TPSA) is 65.2 Å². The van der Waals surface area contributed by atoms with Gasteiger partial charge in [-0.25, -0.2) is 0 Å². The van der Waals surface area contributed by atoms with Gasteiger partial charge >= 0.3 is 0 Å². The van der Waals surface area contributed by atoms with Crippen molar-refractivity contribution in [2.24, 2.45) is 0 Å². The van der Waals surface area contributed by atoms with Gasteiger partial charge in [0, 0.05) is 13.0 Å². The molecule has 5 nitrogen and oxygen atoms in total. The molecule has 94 valence electrons. The summed E-state index contributed by atoms with van der Waals surface area (Å²) in [5.41, 5.74) is -0.448. The number of aromatic nitrogens is 2. The molecule has 1 saturated heterocycles. The zero-order chi connectivity index (χ0) is 12.5. The van der Waals surface area contributed by atoms with E-state index in [4.69, 9.17) is 9.26 Å². The Morgan fingerprint density at radius 2 is 2.35 bits per heavy atom. The maximum atomic E-state index is 11.6. The minimum atomic E-state index is -0.448. The van der Waals surface area contributed by atoms with Crippen molar-refractivity contribution < 1.29 is 14.1 Å². The minimum absolute atomic E-state index is 0.109. The molecular formula is C12H18N2O3. The number of ketones is 1. The molecule has 1 aromatic rings. The zero-order valence-corrected chi connectivity index (χ0v) is 10.5. The number of rotatable bonds is 4. The van der Waals surface area contributed by atoms with Gasteiger partial charge in [-0.05, 0) is 26.7 Å². The van der Waals surface area contributed by atoms with Crippen LogP contribution in [-0.4, -0.2) is 22.5 Å². The van der Waals surface area contributed by atoms with E-state index in [-0.39, 0.29) is 11.7 Å². The largest absolute Gasteiger partial charge is 0.367 e. The third-order valence-corrected chi connectivity index (χ3v) is 3.34. The quantitative estimate of drug-likeness (QED) is 0.804. The Kier molecular flexibility index (Phi) is 3.28. The second kappa shape index (κ2) is 4.56. The molecule has 2 atom stereocenters. The smallest absolute Gasteiger partial charge is 0.237 e. The van der Waals surface area contributed by atoms with Gasteiger partial charge in [-0.2, -0.15) is 4.98 Å². The molecule has 17 heavy (non-hydrogen) atoms. The Hall–Kier alpha value is -1.23. The van der Waals surface area contributed by atoms with Crippen molar-refractivity contribution in [1.82, 2.24) is 10.1 Å². The molecule has 0 spiro atoms. The number of hydrogen-bond donors (Lipinski definition) is 0. The van der Waals surface area contributed by atoms with Crippen molar-refractivity contribution in [3.05, 3.63) is 11.7 Å². The fourth-order valence-corrected chi connectivity index (χ4v) is 2.03. The first-order valence-electron chi connectivity index (χ1n) is 6.07. The van der Waals surface area contributed by atoms with E-state index in [1.165, 1.54) is 0 Å². The second-order valence-electron chi connectivity index (χ2n) is 4.68. The molecule has 1 aliphatic heterocycles. The Balaban J connectivity index is 2.18. The maximum Gasteiger partial charge on any atom is 0.237 e.